The van der Waals surface area contributed by atoms with Crippen molar-refractivity contribution in [1.29, 1.82) is 0 Å². The zero-order chi connectivity index (χ0) is 26.2. The SMILES string of the molecule is CCCN(CC)c1ccc(Nc2nccc(N3CCN(C(=O)Nc4ccc([N+](=O)[O-])cc4)CC3)n2)cc1. The van der Waals surface area contributed by atoms with E-state index in [1.165, 1.54) is 30.0 Å². The molecule has 3 aromatic rings. The quantitative estimate of drug-likeness (QED) is 0.317. The van der Waals surface area contributed by atoms with Crippen LogP contribution in [0.1, 0.15) is 20.3 Å². The molecule has 37 heavy (non-hydrogen) atoms. The van der Waals surface area contributed by atoms with Gasteiger partial charge in [-0.2, -0.15) is 4.98 Å². The number of aromatic nitrogens is 2. The summed E-state index contributed by atoms with van der Waals surface area (Å²) >= 11 is 0. The van der Waals surface area contributed by atoms with E-state index in [4.69, 9.17) is 0 Å². The zero-order valence-electron chi connectivity index (χ0n) is 21.1. The summed E-state index contributed by atoms with van der Waals surface area (Å²) in [7, 11) is 0. The molecule has 2 heterocycles. The smallest absolute Gasteiger partial charge is 0.321 e. The van der Waals surface area contributed by atoms with Gasteiger partial charge in [0.15, 0.2) is 0 Å². The molecule has 1 aliphatic heterocycles. The highest BCUT2D eigenvalue weighted by molar-refractivity contribution is 5.89. The van der Waals surface area contributed by atoms with E-state index in [1.54, 1.807) is 11.1 Å². The Bertz CT molecular complexity index is 1200. The van der Waals surface area contributed by atoms with Crippen molar-refractivity contribution < 1.29 is 9.72 Å². The summed E-state index contributed by atoms with van der Waals surface area (Å²) in [5.41, 5.74) is 2.61. The number of hydrogen-bond donors (Lipinski definition) is 2. The number of carbonyl (C=O) groups excluding carboxylic acids is 1. The highest BCUT2D eigenvalue weighted by Gasteiger charge is 2.22. The molecule has 194 valence electrons. The van der Waals surface area contributed by atoms with Gasteiger partial charge in [0.25, 0.3) is 5.69 Å². The fourth-order valence-corrected chi connectivity index (χ4v) is 4.22. The van der Waals surface area contributed by atoms with Crippen molar-refractivity contribution in [3.63, 3.8) is 0 Å². The van der Waals surface area contributed by atoms with Gasteiger partial charge in [0.2, 0.25) is 5.95 Å². The predicted molar refractivity (Wildman–Crippen MR) is 146 cm³/mol. The van der Waals surface area contributed by atoms with Crippen LogP contribution in [0.25, 0.3) is 0 Å². The fourth-order valence-electron chi connectivity index (χ4n) is 4.22. The molecule has 1 aliphatic rings. The molecule has 0 unspecified atom stereocenters. The molecule has 0 bridgehead atoms. The Balaban J connectivity index is 1.31. The molecule has 0 atom stereocenters. The number of benzene rings is 2. The maximum absolute atomic E-state index is 12.6. The van der Waals surface area contributed by atoms with Crippen molar-refractivity contribution in [2.24, 2.45) is 0 Å². The van der Waals surface area contributed by atoms with Crippen LogP contribution in [0.15, 0.2) is 60.8 Å². The lowest BCUT2D eigenvalue weighted by atomic mass is 10.2. The number of amides is 2. The number of non-ortho nitro benzene ring substituents is 1. The Morgan fingerprint density at radius 2 is 1.68 bits per heavy atom. The number of nitro benzene ring substituents is 1. The number of nitrogens with zero attached hydrogens (tertiary/aromatic N) is 6. The second kappa shape index (κ2) is 12.0. The van der Waals surface area contributed by atoms with Gasteiger partial charge >= 0.3 is 6.03 Å². The molecule has 0 spiro atoms. The average Bonchev–Trinajstić information content (AvgIpc) is 2.93. The van der Waals surface area contributed by atoms with Crippen molar-refractivity contribution in [1.82, 2.24) is 14.9 Å². The van der Waals surface area contributed by atoms with Crippen LogP contribution in [-0.2, 0) is 0 Å². The van der Waals surface area contributed by atoms with Gasteiger partial charge in [-0.15, -0.1) is 0 Å². The zero-order valence-corrected chi connectivity index (χ0v) is 21.1. The van der Waals surface area contributed by atoms with Crippen LogP contribution in [0.3, 0.4) is 0 Å². The van der Waals surface area contributed by atoms with Gasteiger partial charge in [-0.1, -0.05) is 6.92 Å². The van der Waals surface area contributed by atoms with Crippen LogP contribution >= 0.6 is 0 Å². The van der Waals surface area contributed by atoms with Crippen molar-refractivity contribution >= 4 is 40.5 Å². The van der Waals surface area contributed by atoms with Crippen LogP contribution in [0.2, 0.25) is 0 Å². The summed E-state index contributed by atoms with van der Waals surface area (Å²) in [6.45, 7) is 8.65. The third-order valence-corrected chi connectivity index (χ3v) is 6.22. The van der Waals surface area contributed by atoms with E-state index >= 15 is 0 Å². The molecule has 1 aromatic heterocycles. The monoisotopic (exact) mass is 504 g/mol. The number of piperazine rings is 1. The number of hydrogen-bond acceptors (Lipinski definition) is 8. The van der Waals surface area contributed by atoms with E-state index in [-0.39, 0.29) is 11.7 Å². The molecule has 11 nitrogen and oxygen atoms in total. The van der Waals surface area contributed by atoms with Gasteiger partial charge in [-0.05, 0) is 55.8 Å². The molecule has 1 fully saturated rings. The highest BCUT2D eigenvalue weighted by atomic mass is 16.6. The molecule has 0 aliphatic carbocycles. The lowest BCUT2D eigenvalue weighted by molar-refractivity contribution is -0.384. The predicted octanol–water partition coefficient (Wildman–Crippen LogP) is 4.72. The maximum Gasteiger partial charge on any atom is 0.321 e. The second-order valence-corrected chi connectivity index (χ2v) is 8.70. The van der Waals surface area contributed by atoms with Crippen LogP contribution < -0.4 is 20.4 Å². The summed E-state index contributed by atoms with van der Waals surface area (Å²) in [5, 5.41) is 16.9. The number of urea groups is 1. The number of carbonyl (C=O) groups is 1. The van der Waals surface area contributed by atoms with Crippen LogP contribution in [0.5, 0.6) is 0 Å². The van der Waals surface area contributed by atoms with Crippen molar-refractivity contribution in [2.45, 2.75) is 20.3 Å². The van der Waals surface area contributed by atoms with Gasteiger partial charge < -0.3 is 25.3 Å². The molecular weight excluding hydrogens is 472 g/mol. The molecule has 2 aromatic carbocycles. The van der Waals surface area contributed by atoms with Gasteiger partial charge in [0.05, 0.1) is 4.92 Å². The first-order valence-corrected chi connectivity index (χ1v) is 12.5. The average molecular weight is 505 g/mol. The summed E-state index contributed by atoms with van der Waals surface area (Å²) in [6.07, 6.45) is 2.83. The number of nitrogens with one attached hydrogen (secondary N) is 2. The molecule has 0 saturated carbocycles. The Hall–Kier alpha value is -4.41. The number of rotatable bonds is 9. The molecule has 11 heteroatoms. The topological polar surface area (TPSA) is 120 Å². The van der Waals surface area contributed by atoms with E-state index in [0.717, 1.165) is 31.0 Å². The fraction of sp³-hybridized carbons (Fsp3) is 0.346. The third-order valence-electron chi connectivity index (χ3n) is 6.22. The van der Waals surface area contributed by atoms with Gasteiger partial charge in [0, 0.05) is 74.7 Å². The van der Waals surface area contributed by atoms with Crippen LogP contribution in [0, 0.1) is 10.1 Å². The van der Waals surface area contributed by atoms with Crippen molar-refractivity contribution in [3.8, 4) is 0 Å². The lowest BCUT2D eigenvalue weighted by Crippen LogP contribution is -2.50. The molecule has 0 radical (unpaired) electrons. The van der Waals surface area contributed by atoms with Gasteiger partial charge in [-0.3, -0.25) is 10.1 Å². The minimum atomic E-state index is -0.469. The summed E-state index contributed by atoms with van der Waals surface area (Å²) in [6, 6.07) is 15.7. The van der Waals surface area contributed by atoms with Gasteiger partial charge in [0.1, 0.15) is 5.82 Å². The van der Waals surface area contributed by atoms with Gasteiger partial charge in [-0.25, -0.2) is 9.78 Å². The van der Waals surface area contributed by atoms with Crippen molar-refractivity contribution in [3.05, 3.63) is 70.9 Å². The summed E-state index contributed by atoms with van der Waals surface area (Å²) < 4.78 is 0. The number of anilines is 5. The Labute approximate surface area is 216 Å². The van der Waals surface area contributed by atoms with E-state index in [1.807, 2.05) is 18.2 Å². The van der Waals surface area contributed by atoms with Crippen LogP contribution in [-0.4, -0.2) is 65.1 Å². The highest BCUT2D eigenvalue weighted by Crippen LogP contribution is 2.22. The summed E-state index contributed by atoms with van der Waals surface area (Å²) in [4.78, 5) is 38.2. The van der Waals surface area contributed by atoms with E-state index in [9.17, 15) is 14.9 Å². The number of nitro groups is 1. The molecule has 2 N–H and O–H groups in total. The molecular formula is C26H32N8O3. The minimum Gasteiger partial charge on any atom is -0.372 e. The minimum absolute atomic E-state index is 0.0163. The molecule has 1 saturated heterocycles. The first kappa shape index (κ1) is 25.7. The standard InChI is InChI=1S/C26H32N8O3/c1-3-15-31(4-2)22-9-5-20(6-10-22)28-25-27-14-13-24(30-25)32-16-18-33(19-17-32)26(35)29-21-7-11-23(12-8-21)34(36)37/h5-14H,3-4,15-19H2,1-2H3,(H,29,35)(H,27,28,30). The molecule has 2 amide bonds. The van der Waals surface area contributed by atoms with Crippen LogP contribution in [0.4, 0.5) is 39.3 Å². The summed E-state index contributed by atoms with van der Waals surface area (Å²) in [5.74, 6) is 1.31. The Kier molecular flexibility index (Phi) is 8.34. The van der Waals surface area contributed by atoms with E-state index < -0.39 is 4.92 Å². The van der Waals surface area contributed by atoms with E-state index in [2.05, 4.69) is 56.4 Å². The first-order chi connectivity index (χ1) is 18.0. The van der Waals surface area contributed by atoms with E-state index in [0.29, 0.717) is 37.8 Å². The maximum atomic E-state index is 12.6. The second-order valence-electron chi connectivity index (χ2n) is 8.70. The first-order valence-electron chi connectivity index (χ1n) is 12.5. The lowest BCUT2D eigenvalue weighted by Gasteiger charge is -2.35. The van der Waals surface area contributed by atoms with Crippen molar-refractivity contribution in [2.75, 3.05) is 59.7 Å². The molecule has 4 rings (SSSR count). The normalized spacial score (nSPS) is 13.2. The Morgan fingerprint density at radius 1 is 1.00 bits per heavy atom. The third kappa shape index (κ3) is 6.63. The largest absolute Gasteiger partial charge is 0.372 e. The Morgan fingerprint density at radius 3 is 2.30 bits per heavy atom.